The summed E-state index contributed by atoms with van der Waals surface area (Å²) < 4.78 is 0. The molecule has 2 aromatic carbocycles. The van der Waals surface area contributed by atoms with Gasteiger partial charge < -0.3 is 0 Å². The van der Waals surface area contributed by atoms with Crippen molar-refractivity contribution in [2.24, 2.45) is 0 Å². The highest BCUT2D eigenvalue weighted by Gasteiger charge is 1.99. The molecule has 0 saturated carbocycles. The molecule has 0 aliphatic carbocycles. The van der Waals surface area contributed by atoms with Crippen LogP contribution in [-0.4, -0.2) is 10.2 Å². The van der Waals surface area contributed by atoms with E-state index in [-0.39, 0.29) is 0 Å². The van der Waals surface area contributed by atoms with Gasteiger partial charge >= 0.3 is 0 Å². The summed E-state index contributed by atoms with van der Waals surface area (Å²) in [5.41, 5.74) is 2.49. The smallest absolute Gasteiger partial charge is 0.0711 e. The summed E-state index contributed by atoms with van der Waals surface area (Å²) in [5.74, 6) is 0. The van der Waals surface area contributed by atoms with Crippen molar-refractivity contribution in [2.75, 3.05) is 0 Å². The van der Waals surface area contributed by atoms with Gasteiger partial charge in [-0.3, -0.25) is 0 Å². The van der Waals surface area contributed by atoms with E-state index in [1.165, 1.54) is 20.9 Å². The number of benzene rings is 2. The molecule has 2 heteroatoms. The third-order valence-electron chi connectivity index (χ3n) is 3.04. The van der Waals surface area contributed by atoms with Crippen LogP contribution in [0.4, 0.5) is 0 Å². The van der Waals surface area contributed by atoms with Crippen molar-refractivity contribution in [3.8, 4) is 10.4 Å². The first-order chi connectivity index (χ1) is 9.81. The number of hydrogen-bond acceptors (Lipinski definition) is 1. The molecule has 0 bridgehead atoms. The lowest BCUT2D eigenvalue weighted by atomic mass is 10.2. The first-order valence-electron chi connectivity index (χ1n) is 6.46. The molecule has 0 unspecified atom stereocenters. The van der Waals surface area contributed by atoms with Crippen LogP contribution in [0.2, 0.25) is 0 Å². The Hall–Kier alpha value is -1.90. The highest BCUT2D eigenvalue weighted by Crippen LogP contribution is 2.28. The third-order valence-corrected chi connectivity index (χ3v) is 4.47. The molecular formula is C18H13SSi. The lowest BCUT2D eigenvalue weighted by Gasteiger charge is -1.95. The number of rotatable bonds is 3. The zero-order valence-electron chi connectivity index (χ0n) is 10.9. The van der Waals surface area contributed by atoms with Crippen LogP contribution in [0.3, 0.4) is 0 Å². The molecule has 0 nitrogen and oxygen atoms in total. The zero-order valence-corrected chi connectivity index (χ0v) is 12.7. The van der Waals surface area contributed by atoms with Gasteiger partial charge in [-0.05, 0) is 29.3 Å². The molecule has 0 aliphatic rings. The SMILES string of the molecule is [Si]c1ccc(C=Cc2ccc(-c3ccccc3)s2)cc1. The quantitative estimate of drug-likeness (QED) is 0.628. The zero-order chi connectivity index (χ0) is 13.8. The van der Waals surface area contributed by atoms with Crippen LogP contribution in [0.15, 0.2) is 66.7 Å². The Labute approximate surface area is 126 Å². The maximum absolute atomic E-state index is 3.50. The molecule has 0 N–H and O–H groups in total. The maximum Gasteiger partial charge on any atom is 0.0711 e. The predicted molar refractivity (Wildman–Crippen MR) is 90.5 cm³/mol. The molecule has 3 rings (SSSR count). The van der Waals surface area contributed by atoms with Gasteiger partial charge in [-0.25, -0.2) is 0 Å². The van der Waals surface area contributed by atoms with Crippen LogP contribution in [0.5, 0.6) is 0 Å². The largest absolute Gasteiger partial charge is 0.136 e. The molecule has 0 spiro atoms. The second-order valence-electron chi connectivity index (χ2n) is 4.52. The molecule has 95 valence electrons. The molecular weight excluding hydrogens is 276 g/mol. The fourth-order valence-electron chi connectivity index (χ4n) is 1.97. The monoisotopic (exact) mass is 289 g/mol. The average molecular weight is 289 g/mol. The van der Waals surface area contributed by atoms with E-state index < -0.39 is 0 Å². The van der Waals surface area contributed by atoms with E-state index in [0.717, 1.165) is 5.19 Å². The fraction of sp³-hybridized carbons (Fsp3) is 0. The molecule has 3 aromatic rings. The van der Waals surface area contributed by atoms with E-state index in [9.17, 15) is 0 Å². The minimum Gasteiger partial charge on any atom is -0.136 e. The number of hydrogen-bond donors (Lipinski definition) is 0. The molecule has 20 heavy (non-hydrogen) atoms. The molecule has 1 aromatic heterocycles. The van der Waals surface area contributed by atoms with Gasteiger partial charge in [-0.2, -0.15) is 0 Å². The standard InChI is InChI=1S/C18H13SSi/c20-17-11-7-14(8-12-17)6-9-16-10-13-18(19-16)15-4-2-1-3-5-15/h1-13H. The van der Waals surface area contributed by atoms with Gasteiger partial charge in [0.1, 0.15) is 0 Å². The van der Waals surface area contributed by atoms with Gasteiger partial charge in [0, 0.05) is 9.75 Å². The van der Waals surface area contributed by atoms with E-state index in [0.29, 0.717) is 0 Å². The summed E-state index contributed by atoms with van der Waals surface area (Å²) in [6.45, 7) is 0. The van der Waals surface area contributed by atoms with Crippen LogP contribution < -0.4 is 5.19 Å². The lowest BCUT2D eigenvalue weighted by molar-refractivity contribution is 1.70. The van der Waals surface area contributed by atoms with Gasteiger partial charge in [0.25, 0.3) is 0 Å². The molecule has 0 fully saturated rings. The highest BCUT2D eigenvalue weighted by molar-refractivity contribution is 7.16. The van der Waals surface area contributed by atoms with Crippen LogP contribution in [0.1, 0.15) is 10.4 Å². The summed E-state index contributed by atoms with van der Waals surface area (Å²) in [7, 11) is 3.50. The maximum atomic E-state index is 3.50. The van der Waals surface area contributed by atoms with Gasteiger partial charge in [-0.1, -0.05) is 65.9 Å². The van der Waals surface area contributed by atoms with Gasteiger partial charge in [0.2, 0.25) is 0 Å². The topological polar surface area (TPSA) is 0 Å². The first-order valence-corrected chi connectivity index (χ1v) is 7.78. The predicted octanol–water partition coefficient (Wildman–Crippen LogP) is 4.38. The Morgan fingerprint density at radius 2 is 1.50 bits per heavy atom. The fourth-order valence-corrected chi connectivity index (χ4v) is 3.06. The Morgan fingerprint density at radius 3 is 2.25 bits per heavy atom. The summed E-state index contributed by atoms with van der Waals surface area (Å²) in [6.07, 6.45) is 4.31. The third kappa shape index (κ3) is 3.16. The van der Waals surface area contributed by atoms with Crippen LogP contribution >= 0.6 is 11.3 Å². The van der Waals surface area contributed by atoms with Crippen molar-refractivity contribution in [3.63, 3.8) is 0 Å². The van der Waals surface area contributed by atoms with E-state index in [1.54, 1.807) is 0 Å². The summed E-state index contributed by atoms with van der Waals surface area (Å²) in [6, 6.07) is 23.2. The Bertz CT molecular complexity index is 709. The van der Waals surface area contributed by atoms with Crippen molar-refractivity contribution in [1.82, 2.24) is 0 Å². The van der Waals surface area contributed by atoms with Crippen molar-refractivity contribution < 1.29 is 0 Å². The van der Waals surface area contributed by atoms with Crippen molar-refractivity contribution in [2.45, 2.75) is 0 Å². The summed E-state index contributed by atoms with van der Waals surface area (Å²) in [4.78, 5) is 2.58. The van der Waals surface area contributed by atoms with E-state index in [4.69, 9.17) is 0 Å². The van der Waals surface area contributed by atoms with E-state index >= 15 is 0 Å². The second kappa shape index (κ2) is 6.03. The molecule has 0 amide bonds. The average Bonchev–Trinajstić information content (AvgIpc) is 2.97. The van der Waals surface area contributed by atoms with Crippen molar-refractivity contribution in [1.29, 1.82) is 0 Å². The molecule has 0 saturated heterocycles. The molecule has 3 radical (unpaired) electrons. The summed E-state index contributed by atoms with van der Waals surface area (Å²) >= 11 is 1.81. The van der Waals surface area contributed by atoms with E-state index in [1.807, 2.05) is 17.4 Å². The minimum atomic E-state index is 1.10. The molecule has 0 aliphatic heterocycles. The van der Waals surface area contributed by atoms with Crippen LogP contribution in [-0.2, 0) is 0 Å². The first kappa shape index (κ1) is 13.1. The molecule has 1 heterocycles. The van der Waals surface area contributed by atoms with E-state index in [2.05, 4.69) is 83.1 Å². The van der Waals surface area contributed by atoms with Gasteiger partial charge in [-0.15, -0.1) is 11.3 Å². The molecule has 0 atom stereocenters. The highest BCUT2D eigenvalue weighted by atomic mass is 32.1. The van der Waals surface area contributed by atoms with Gasteiger partial charge in [0.05, 0.1) is 10.2 Å². The minimum absolute atomic E-state index is 1.10. The van der Waals surface area contributed by atoms with Crippen molar-refractivity contribution >= 4 is 38.9 Å². The van der Waals surface area contributed by atoms with Crippen LogP contribution in [0, 0.1) is 0 Å². The Morgan fingerprint density at radius 1 is 0.750 bits per heavy atom. The second-order valence-corrected chi connectivity index (χ2v) is 6.22. The summed E-state index contributed by atoms with van der Waals surface area (Å²) in [5, 5.41) is 1.10. The lowest BCUT2D eigenvalue weighted by Crippen LogP contribution is -1.98. The Balaban J connectivity index is 1.79. The normalized spacial score (nSPS) is 11.1. The number of thiophene rings is 1. The Kier molecular flexibility index (Phi) is 3.95. The van der Waals surface area contributed by atoms with Crippen molar-refractivity contribution in [3.05, 3.63) is 77.2 Å². The van der Waals surface area contributed by atoms with Gasteiger partial charge in [0.15, 0.2) is 0 Å². The van der Waals surface area contributed by atoms with Crippen LogP contribution in [0.25, 0.3) is 22.6 Å².